The maximum absolute atomic E-state index is 13.2. The number of fused-ring (bicyclic) bond motifs is 1. The predicted molar refractivity (Wildman–Crippen MR) is 63.7 cm³/mol. The Kier molecular flexibility index (Phi) is 3.51. The summed E-state index contributed by atoms with van der Waals surface area (Å²) in [7, 11) is 1.93. The first kappa shape index (κ1) is 11.8. The zero-order valence-corrected chi connectivity index (χ0v) is 10.1. The number of hydrogen-bond donors (Lipinski definition) is 0. The third-order valence-electron chi connectivity index (χ3n) is 2.47. The normalized spacial score (nSPS) is 10.0. The van der Waals surface area contributed by atoms with E-state index < -0.39 is 0 Å². The molecule has 15 heavy (non-hydrogen) atoms. The van der Waals surface area contributed by atoms with Gasteiger partial charge in [0.25, 0.3) is 0 Å². The second-order valence-corrected chi connectivity index (χ2v) is 3.54. The predicted octanol–water partition coefficient (Wildman–Crippen LogP) is 3.96. The van der Waals surface area contributed by atoms with E-state index in [0.717, 1.165) is 10.9 Å². The summed E-state index contributed by atoms with van der Waals surface area (Å²) in [5.74, 6) is -0.131. The molecule has 1 nitrogen and oxygen atoms in total. The molecule has 1 aromatic carbocycles. The maximum atomic E-state index is 13.2. The fraction of sp³-hybridized carbons (Fsp3) is 0.385. The van der Waals surface area contributed by atoms with Crippen LogP contribution in [0, 0.1) is 19.7 Å². The molecule has 0 saturated heterocycles. The van der Waals surface area contributed by atoms with Gasteiger partial charge in [-0.2, -0.15) is 0 Å². The van der Waals surface area contributed by atoms with Crippen LogP contribution in [0.4, 0.5) is 4.39 Å². The van der Waals surface area contributed by atoms with Crippen molar-refractivity contribution in [2.24, 2.45) is 7.05 Å². The molecule has 2 heteroatoms. The molecule has 0 bridgehead atoms. The van der Waals surface area contributed by atoms with Crippen molar-refractivity contribution in [2.75, 3.05) is 0 Å². The van der Waals surface area contributed by atoms with Crippen molar-refractivity contribution in [1.29, 1.82) is 0 Å². The fourth-order valence-corrected chi connectivity index (χ4v) is 1.71. The van der Waals surface area contributed by atoms with Crippen molar-refractivity contribution in [3.8, 4) is 0 Å². The number of benzene rings is 1. The second-order valence-electron chi connectivity index (χ2n) is 3.54. The average Bonchev–Trinajstić information content (AvgIpc) is 2.48. The van der Waals surface area contributed by atoms with Gasteiger partial charge in [-0.05, 0) is 37.1 Å². The summed E-state index contributed by atoms with van der Waals surface area (Å²) in [5, 5.41) is 1.14. The van der Waals surface area contributed by atoms with E-state index in [2.05, 4.69) is 0 Å². The van der Waals surface area contributed by atoms with Crippen LogP contribution >= 0.6 is 0 Å². The van der Waals surface area contributed by atoms with E-state index in [1.165, 1.54) is 5.56 Å². The van der Waals surface area contributed by atoms with Crippen LogP contribution in [0.3, 0.4) is 0 Å². The minimum absolute atomic E-state index is 0.131. The molecule has 1 heterocycles. The molecular weight excluding hydrogens is 189 g/mol. The van der Waals surface area contributed by atoms with Crippen molar-refractivity contribution < 1.29 is 4.39 Å². The first-order valence-electron chi connectivity index (χ1n) is 5.31. The topological polar surface area (TPSA) is 4.93 Å². The summed E-state index contributed by atoms with van der Waals surface area (Å²) in [6.45, 7) is 7.83. The molecule has 0 atom stereocenters. The van der Waals surface area contributed by atoms with Gasteiger partial charge in [-0.25, -0.2) is 4.39 Å². The number of hydrogen-bond acceptors (Lipinski definition) is 0. The summed E-state index contributed by atoms with van der Waals surface area (Å²) in [6.07, 6.45) is 2.02. The Labute approximate surface area is 90.5 Å². The third-order valence-corrected chi connectivity index (χ3v) is 2.47. The summed E-state index contributed by atoms with van der Waals surface area (Å²) < 4.78 is 15.2. The summed E-state index contributed by atoms with van der Waals surface area (Å²) in [4.78, 5) is 0. The molecule has 2 rings (SSSR count). The number of aromatic nitrogens is 1. The van der Waals surface area contributed by atoms with E-state index in [9.17, 15) is 4.39 Å². The van der Waals surface area contributed by atoms with Crippen molar-refractivity contribution in [2.45, 2.75) is 27.7 Å². The lowest BCUT2D eigenvalue weighted by Gasteiger charge is -1.99. The summed E-state index contributed by atoms with van der Waals surface area (Å²) in [6, 6.07) is 3.50. The Morgan fingerprint density at radius 2 is 1.67 bits per heavy atom. The molecule has 0 radical (unpaired) electrons. The molecule has 0 spiro atoms. The zero-order chi connectivity index (χ0) is 11.6. The number of halogens is 1. The fourth-order valence-electron chi connectivity index (χ4n) is 1.71. The van der Waals surface area contributed by atoms with Gasteiger partial charge >= 0.3 is 0 Å². The van der Waals surface area contributed by atoms with Gasteiger partial charge in [0.2, 0.25) is 0 Å². The van der Waals surface area contributed by atoms with Crippen molar-refractivity contribution in [1.82, 2.24) is 4.57 Å². The smallest absolute Gasteiger partial charge is 0.128 e. The lowest BCUT2D eigenvalue weighted by atomic mass is 10.1. The van der Waals surface area contributed by atoms with Gasteiger partial charge in [-0.15, -0.1) is 0 Å². The Morgan fingerprint density at radius 1 is 1.07 bits per heavy atom. The van der Waals surface area contributed by atoms with Gasteiger partial charge in [-0.1, -0.05) is 13.8 Å². The molecule has 1 aromatic heterocycles. The molecule has 0 unspecified atom stereocenters. The van der Waals surface area contributed by atoms with Gasteiger partial charge in [0.05, 0.1) is 5.52 Å². The molecule has 2 aromatic rings. The molecule has 82 valence electrons. The van der Waals surface area contributed by atoms with Gasteiger partial charge in [0.15, 0.2) is 0 Å². The summed E-state index contributed by atoms with van der Waals surface area (Å²) in [5.41, 5.74) is 2.86. The second kappa shape index (κ2) is 4.47. The van der Waals surface area contributed by atoms with Crippen LogP contribution in [0.5, 0.6) is 0 Å². The Hall–Kier alpha value is -1.31. The minimum Gasteiger partial charge on any atom is -0.350 e. The van der Waals surface area contributed by atoms with E-state index in [1.54, 1.807) is 13.0 Å². The van der Waals surface area contributed by atoms with Crippen LogP contribution in [0.2, 0.25) is 0 Å². The number of aryl methyl sites for hydroxylation is 3. The molecule has 0 amide bonds. The van der Waals surface area contributed by atoms with Crippen molar-refractivity contribution in [3.63, 3.8) is 0 Å². The first-order chi connectivity index (χ1) is 7.09. The molecule has 0 aliphatic heterocycles. The molecule has 0 aliphatic carbocycles. The molecule has 0 saturated carbocycles. The quantitative estimate of drug-likeness (QED) is 0.616. The highest BCUT2D eigenvalue weighted by molar-refractivity contribution is 5.84. The highest BCUT2D eigenvalue weighted by Gasteiger charge is 2.06. The average molecular weight is 207 g/mol. The number of nitrogens with zero attached hydrogens (tertiary/aromatic N) is 1. The standard InChI is InChI=1S/C11H12FN.C2H6/c1-7-4-9-8(2)6-13(3)11(9)5-10(7)12;1-2/h4-6H,1-3H3;1-2H3. The van der Waals surface area contributed by atoms with Crippen LogP contribution in [-0.2, 0) is 7.05 Å². The highest BCUT2D eigenvalue weighted by Crippen LogP contribution is 2.22. The van der Waals surface area contributed by atoms with Crippen molar-refractivity contribution >= 4 is 10.9 Å². The molecule has 0 aliphatic rings. The third kappa shape index (κ3) is 2.04. The van der Waals surface area contributed by atoms with Crippen molar-refractivity contribution in [3.05, 3.63) is 35.3 Å². The Bertz CT molecular complexity index is 427. The highest BCUT2D eigenvalue weighted by atomic mass is 19.1. The van der Waals surface area contributed by atoms with E-state index in [4.69, 9.17) is 0 Å². The maximum Gasteiger partial charge on any atom is 0.128 e. The first-order valence-corrected chi connectivity index (χ1v) is 5.31. The molecule has 0 fully saturated rings. The molecular formula is C13H18FN. The lowest BCUT2D eigenvalue weighted by Crippen LogP contribution is -1.86. The van der Waals surface area contributed by atoms with Gasteiger partial charge in [0.1, 0.15) is 5.82 Å². The minimum atomic E-state index is -0.131. The van der Waals surface area contributed by atoms with Gasteiger partial charge < -0.3 is 4.57 Å². The lowest BCUT2D eigenvalue weighted by molar-refractivity contribution is 0.619. The van der Waals surface area contributed by atoms with Crippen LogP contribution in [0.1, 0.15) is 25.0 Å². The van der Waals surface area contributed by atoms with Crippen LogP contribution in [0.25, 0.3) is 10.9 Å². The Balaban J connectivity index is 0.000000531. The Morgan fingerprint density at radius 3 is 2.27 bits per heavy atom. The van der Waals surface area contributed by atoms with E-state index in [0.29, 0.717) is 5.56 Å². The van der Waals surface area contributed by atoms with Crippen LogP contribution in [0.15, 0.2) is 18.3 Å². The van der Waals surface area contributed by atoms with E-state index >= 15 is 0 Å². The summed E-state index contributed by atoms with van der Waals surface area (Å²) >= 11 is 0. The van der Waals surface area contributed by atoms with Crippen LogP contribution < -0.4 is 0 Å². The molecule has 0 N–H and O–H groups in total. The van der Waals surface area contributed by atoms with Gasteiger partial charge in [-0.3, -0.25) is 0 Å². The largest absolute Gasteiger partial charge is 0.350 e. The zero-order valence-electron chi connectivity index (χ0n) is 10.1. The SMILES string of the molecule is CC.Cc1cc2c(C)cn(C)c2cc1F. The van der Waals surface area contributed by atoms with E-state index in [1.807, 2.05) is 44.6 Å². The van der Waals surface area contributed by atoms with Gasteiger partial charge in [0, 0.05) is 18.6 Å². The number of rotatable bonds is 0. The monoisotopic (exact) mass is 207 g/mol. The van der Waals surface area contributed by atoms with Crippen LogP contribution in [-0.4, -0.2) is 4.57 Å². The van der Waals surface area contributed by atoms with E-state index in [-0.39, 0.29) is 5.82 Å².